The van der Waals surface area contributed by atoms with Gasteiger partial charge in [-0.05, 0) is 42.0 Å². The molecule has 7 N–H and O–H groups in total. The molecule has 11 nitrogen and oxygen atoms in total. The third-order valence-electron chi connectivity index (χ3n) is 4.49. The van der Waals surface area contributed by atoms with E-state index in [0.29, 0.717) is 11.3 Å². The topological polar surface area (TPSA) is 187 Å². The largest absolute Gasteiger partial charge is 0.490 e. The molecule has 0 aliphatic carbocycles. The normalized spacial score (nSPS) is 11.7. The van der Waals surface area contributed by atoms with Crippen LogP contribution < -0.4 is 25.8 Å². The molecule has 0 saturated carbocycles. The van der Waals surface area contributed by atoms with Crippen molar-refractivity contribution in [2.24, 2.45) is 16.5 Å². The minimum atomic E-state index is -5.08. The second kappa shape index (κ2) is 13.7. The number of nitrogens with one attached hydrogen (secondary N) is 1. The summed E-state index contributed by atoms with van der Waals surface area (Å²) in [5, 5.41) is 18.8. The van der Waals surface area contributed by atoms with Crippen LogP contribution in [0.25, 0.3) is 0 Å². The summed E-state index contributed by atoms with van der Waals surface area (Å²) < 4.78 is 57.3. The number of aliphatic imine (C=N–C) groups is 1. The molecule has 0 aliphatic rings. The number of halogens is 3. The quantitative estimate of drug-likeness (QED) is 0.138. The van der Waals surface area contributed by atoms with Crippen molar-refractivity contribution < 1.29 is 46.6 Å². The average Bonchev–Trinajstić information content (AvgIpc) is 2.85. The second-order valence-corrected chi connectivity index (χ2v) is 9.59. The van der Waals surface area contributed by atoms with Crippen LogP contribution in [0, 0.1) is 0 Å². The van der Waals surface area contributed by atoms with Crippen LogP contribution in [0.2, 0.25) is 0 Å². The summed E-state index contributed by atoms with van der Waals surface area (Å²) in [6.45, 7) is 0. The maximum absolute atomic E-state index is 14.0. The van der Waals surface area contributed by atoms with Crippen molar-refractivity contribution in [1.82, 2.24) is 5.32 Å². The van der Waals surface area contributed by atoms with Crippen molar-refractivity contribution in [3.05, 3.63) is 90.5 Å². The van der Waals surface area contributed by atoms with Gasteiger partial charge < -0.3 is 36.0 Å². The highest BCUT2D eigenvalue weighted by atomic mass is 31.2. The van der Waals surface area contributed by atoms with E-state index in [-0.39, 0.29) is 23.9 Å². The van der Waals surface area contributed by atoms with Crippen molar-refractivity contribution in [1.29, 1.82) is 0 Å². The number of hydrogen-bond donors (Lipinski definition) is 5. The van der Waals surface area contributed by atoms with Gasteiger partial charge in [0.25, 0.3) is 0 Å². The first-order valence-electron chi connectivity index (χ1n) is 10.9. The Morgan fingerprint density at radius 3 is 1.67 bits per heavy atom. The van der Waals surface area contributed by atoms with Crippen LogP contribution in [0.15, 0.2) is 89.9 Å². The van der Waals surface area contributed by atoms with Gasteiger partial charge in [-0.1, -0.05) is 48.5 Å². The molecular weight excluding hydrogens is 544 g/mol. The van der Waals surface area contributed by atoms with E-state index >= 15 is 0 Å². The third kappa shape index (κ3) is 10.7. The Morgan fingerprint density at radius 2 is 1.31 bits per heavy atom. The Labute approximate surface area is 220 Å². The van der Waals surface area contributed by atoms with Gasteiger partial charge in [-0.2, -0.15) is 13.2 Å². The number of rotatable bonds is 9. The number of carboxylic acids is 1. The Kier molecular flexibility index (Phi) is 10.7. The molecule has 208 valence electrons. The fraction of sp³-hybridized carbons (Fsp3) is 0.125. The van der Waals surface area contributed by atoms with E-state index in [9.17, 15) is 27.6 Å². The summed E-state index contributed by atoms with van der Waals surface area (Å²) in [7, 11) is -4.09. The molecule has 0 spiro atoms. The lowest BCUT2D eigenvalue weighted by atomic mass is 10.1. The minimum Gasteiger partial charge on any atom is -0.475 e. The lowest BCUT2D eigenvalue weighted by Crippen LogP contribution is -2.37. The van der Waals surface area contributed by atoms with Gasteiger partial charge in [0.2, 0.25) is 0 Å². The first-order chi connectivity index (χ1) is 18.3. The number of guanidine groups is 1. The third-order valence-corrected chi connectivity index (χ3v) is 6.50. The Hall–Kier alpha value is -4.71. The second-order valence-electron chi connectivity index (χ2n) is 7.52. The predicted molar refractivity (Wildman–Crippen MR) is 136 cm³/mol. The summed E-state index contributed by atoms with van der Waals surface area (Å²) in [5.74, 6) is -3.47. The van der Waals surface area contributed by atoms with Crippen molar-refractivity contribution >= 4 is 31.3 Å². The van der Waals surface area contributed by atoms with Gasteiger partial charge in [-0.15, -0.1) is 0 Å². The number of hydrogen-bond acceptors (Lipinski definition) is 6. The van der Waals surface area contributed by atoms with E-state index in [2.05, 4.69) is 10.3 Å². The van der Waals surface area contributed by atoms with Gasteiger partial charge in [-0.3, -0.25) is 0 Å². The number of alkyl halides is 3. The van der Waals surface area contributed by atoms with Crippen molar-refractivity contribution in [2.75, 3.05) is 0 Å². The molecule has 0 aliphatic heterocycles. The van der Waals surface area contributed by atoms with E-state index in [4.69, 9.17) is 30.4 Å². The fourth-order valence-corrected chi connectivity index (χ4v) is 4.69. The van der Waals surface area contributed by atoms with Crippen molar-refractivity contribution in [3.8, 4) is 11.5 Å². The number of nitrogens with zero attached hydrogens (tertiary/aromatic N) is 1. The highest BCUT2D eigenvalue weighted by Crippen LogP contribution is 2.53. The fourth-order valence-electron chi connectivity index (χ4n) is 2.87. The zero-order chi connectivity index (χ0) is 29.1. The van der Waals surface area contributed by atoms with Crippen molar-refractivity contribution in [3.63, 3.8) is 0 Å². The van der Waals surface area contributed by atoms with E-state index in [0.717, 1.165) is 0 Å². The maximum Gasteiger partial charge on any atom is 0.490 e. The summed E-state index contributed by atoms with van der Waals surface area (Å²) in [6, 6.07) is 23.6. The molecule has 1 amide bonds. The number of para-hydroxylation sites is 2. The molecule has 1 atom stereocenters. The molecule has 15 heteroatoms. The standard InChI is InChI=1S/C22H23N4O5P.C2HF3O2/c23-21(24)25-17-13-11-16(12-14-17)15-20(26-22(27)28)32(29,30-18-7-3-1-4-8-18)31-19-9-5-2-6-10-19;3-2(4,5)1(6)7/h1-14,20,26H,15H2,(H,27,28)(H4,23,24,25);(H,6,7). The highest BCUT2D eigenvalue weighted by Gasteiger charge is 2.41. The number of carboxylic acid groups (broad SMARTS) is 2. The van der Waals surface area contributed by atoms with Gasteiger partial charge >= 0.3 is 25.8 Å². The molecular formula is C24H24F3N4O7P. The van der Waals surface area contributed by atoms with Gasteiger partial charge in [0.1, 0.15) is 11.5 Å². The van der Waals surface area contributed by atoms with E-state index in [1.54, 1.807) is 84.9 Å². The maximum atomic E-state index is 14.0. The molecule has 0 aromatic heterocycles. The number of aliphatic carboxylic acids is 1. The van der Waals surface area contributed by atoms with E-state index in [1.807, 2.05) is 0 Å². The predicted octanol–water partition coefficient (Wildman–Crippen LogP) is 4.71. The lowest BCUT2D eigenvalue weighted by Gasteiger charge is -2.27. The summed E-state index contributed by atoms with van der Waals surface area (Å²) in [6.07, 6.45) is -6.41. The summed E-state index contributed by atoms with van der Waals surface area (Å²) >= 11 is 0. The summed E-state index contributed by atoms with van der Waals surface area (Å²) in [4.78, 5) is 24.4. The van der Waals surface area contributed by atoms with Crippen molar-refractivity contribution in [2.45, 2.75) is 18.4 Å². The molecule has 3 rings (SSSR count). The first-order valence-corrected chi connectivity index (χ1v) is 12.5. The molecule has 0 heterocycles. The first kappa shape index (κ1) is 30.5. The van der Waals surface area contributed by atoms with E-state index < -0.39 is 31.6 Å². The molecule has 1 unspecified atom stereocenters. The average molecular weight is 568 g/mol. The Morgan fingerprint density at radius 1 is 0.872 bits per heavy atom. The molecule has 0 fully saturated rings. The zero-order valence-corrected chi connectivity index (χ0v) is 20.9. The van der Waals surface area contributed by atoms with Gasteiger partial charge in [0.05, 0.1) is 5.69 Å². The number of amides is 1. The molecule has 39 heavy (non-hydrogen) atoms. The van der Waals surface area contributed by atoms with Crippen LogP contribution in [0.1, 0.15) is 5.56 Å². The Bertz CT molecular complexity index is 1260. The van der Waals surface area contributed by atoms with Crippen LogP contribution in [0.3, 0.4) is 0 Å². The van der Waals surface area contributed by atoms with Gasteiger partial charge in [-0.25, -0.2) is 19.1 Å². The summed E-state index contributed by atoms with van der Waals surface area (Å²) in [5.41, 5.74) is 12.0. The van der Waals surface area contributed by atoms with E-state index in [1.165, 1.54) is 0 Å². The van der Waals surface area contributed by atoms with Gasteiger partial charge in [0, 0.05) is 6.42 Å². The molecule has 0 saturated heterocycles. The highest BCUT2D eigenvalue weighted by molar-refractivity contribution is 7.55. The molecule has 0 bridgehead atoms. The van der Waals surface area contributed by atoms with Crippen LogP contribution in [-0.4, -0.2) is 40.2 Å². The van der Waals surface area contributed by atoms with Crippen LogP contribution in [0.5, 0.6) is 11.5 Å². The van der Waals surface area contributed by atoms with Crippen LogP contribution in [0.4, 0.5) is 23.7 Å². The molecule has 0 radical (unpaired) electrons. The zero-order valence-electron chi connectivity index (χ0n) is 20.0. The number of carbonyl (C=O) groups is 2. The Balaban J connectivity index is 0.000000673. The smallest absolute Gasteiger partial charge is 0.475 e. The van der Waals surface area contributed by atoms with Gasteiger partial charge in [0.15, 0.2) is 11.7 Å². The van der Waals surface area contributed by atoms with Crippen LogP contribution >= 0.6 is 7.60 Å². The molecule has 3 aromatic carbocycles. The number of benzene rings is 3. The van der Waals surface area contributed by atoms with Crippen LogP contribution in [-0.2, 0) is 15.8 Å². The molecule has 3 aromatic rings. The monoisotopic (exact) mass is 568 g/mol. The minimum absolute atomic E-state index is 0.0331. The number of nitrogens with two attached hydrogens (primary N) is 2. The lowest BCUT2D eigenvalue weighted by molar-refractivity contribution is -0.192. The SMILES string of the molecule is NC(N)=Nc1ccc(CC(NC(=O)O)P(=O)(Oc2ccccc2)Oc2ccccc2)cc1.O=C(O)C(F)(F)F.